The Bertz CT molecular complexity index is 459. The number of rotatable bonds is 5. The van der Waals surface area contributed by atoms with Gasteiger partial charge in [-0.05, 0) is 37.0 Å². The van der Waals surface area contributed by atoms with Gasteiger partial charge in [-0.25, -0.2) is 4.39 Å². The Morgan fingerprint density at radius 1 is 1.40 bits per heavy atom. The van der Waals surface area contributed by atoms with Gasteiger partial charge in [0, 0.05) is 26.3 Å². The zero-order valence-electron chi connectivity index (χ0n) is 11.5. The molecule has 0 radical (unpaired) electrons. The Morgan fingerprint density at radius 2 is 2.15 bits per heavy atom. The van der Waals surface area contributed by atoms with Crippen LogP contribution in [0.4, 0.5) is 4.39 Å². The smallest absolute Gasteiger partial charge is 0.227 e. The lowest BCUT2D eigenvalue weighted by molar-refractivity contribution is -0.135. The van der Waals surface area contributed by atoms with Crippen molar-refractivity contribution < 1.29 is 13.9 Å². The van der Waals surface area contributed by atoms with E-state index in [4.69, 9.17) is 10.5 Å². The largest absolute Gasteiger partial charge is 0.381 e. The molecule has 4 nitrogen and oxygen atoms in total. The van der Waals surface area contributed by atoms with E-state index in [1.54, 1.807) is 6.07 Å². The predicted octanol–water partition coefficient (Wildman–Crippen LogP) is 1.24. The van der Waals surface area contributed by atoms with Crippen LogP contribution in [0.5, 0.6) is 0 Å². The molecule has 1 heterocycles. The summed E-state index contributed by atoms with van der Waals surface area (Å²) in [7, 11) is 0. The fourth-order valence-corrected chi connectivity index (χ4v) is 2.49. The number of hydrogen-bond acceptors (Lipinski definition) is 3. The molecule has 1 aliphatic heterocycles. The Labute approximate surface area is 118 Å². The first-order valence-corrected chi connectivity index (χ1v) is 6.97. The van der Waals surface area contributed by atoms with Gasteiger partial charge < -0.3 is 15.8 Å². The average molecular weight is 280 g/mol. The second-order valence-corrected chi connectivity index (χ2v) is 5.23. The van der Waals surface area contributed by atoms with E-state index in [1.165, 1.54) is 12.1 Å². The van der Waals surface area contributed by atoms with Crippen molar-refractivity contribution in [2.45, 2.75) is 19.3 Å². The Hall–Kier alpha value is -1.46. The number of amides is 1. The van der Waals surface area contributed by atoms with Crippen LogP contribution >= 0.6 is 0 Å². The molecule has 2 rings (SSSR count). The molecule has 1 saturated heterocycles. The minimum absolute atomic E-state index is 0.0142. The summed E-state index contributed by atoms with van der Waals surface area (Å²) in [6.07, 6.45) is 1.94. The summed E-state index contributed by atoms with van der Waals surface area (Å²) in [5.41, 5.74) is 6.15. The van der Waals surface area contributed by atoms with Crippen LogP contribution in [0.25, 0.3) is 0 Å². The van der Waals surface area contributed by atoms with E-state index >= 15 is 0 Å². The second kappa shape index (κ2) is 6.81. The number of nitrogens with one attached hydrogen (secondary N) is 1. The number of ether oxygens (including phenoxy) is 1. The monoisotopic (exact) mass is 280 g/mol. The van der Waals surface area contributed by atoms with Gasteiger partial charge in [0.05, 0.1) is 5.41 Å². The highest BCUT2D eigenvalue weighted by atomic mass is 19.1. The minimum atomic E-state index is -0.500. The third kappa shape index (κ3) is 3.55. The maximum atomic E-state index is 13.0. The molecular weight excluding hydrogens is 259 g/mol. The summed E-state index contributed by atoms with van der Waals surface area (Å²) in [6, 6.07) is 6.42. The predicted molar refractivity (Wildman–Crippen MR) is 74.7 cm³/mol. The highest BCUT2D eigenvalue weighted by Gasteiger charge is 2.38. The number of benzene rings is 1. The second-order valence-electron chi connectivity index (χ2n) is 5.23. The Kier molecular flexibility index (Phi) is 5.09. The third-order valence-electron chi connectivity index (χ3n) is 3.91. The van der Waals surface area contributed by atoms with Crippen LogP contribution in [0, 0.1) is 11.2 Å². The van der Waals surface area contributed by atoms with E-state index in [0.717, 1.165) is 5.56 Å². The first-order chi connectivity index (χ1) is 9.66. The number of halogens is 1. The van der Waals surface area contributed by atoms with Crippen molar-refractivity contribution in [3.63, 3.8) is 0 Å². The van der Waals surface area contributed by atoms with Gasteiger partial charge in [0.2, 0.25) is 5.91 Å². The van der Waals surface area contributed by atoms with E-state index in [-0.39, 0.29) is 11.7 Å². The van der Waals surface area contributed by atoms with Crippen LogP contribution in [0.2, 0.25) is 0 Å². The molecule has 3 N–H and O–H groups in total. The summed E-state index contributed by atoms with van der Waals surface area (Å²) in [4.78, 5) is 12.3. The molecule has 1 aromatic rings. The molecule has 1 amide bonds. The molecule has 20 heavy (non-hydrogen) atoms. The highest BCUT2D eigenvalue weighted by Crippen LogP contribution is 2.29. The molecule has 0 saturated carbocycles. The van der Waals surface area contributed by atoms with Crippen molar-refractivity contribution in [3.8, 4) is 0 Å². The van der Waals surface area contributed by atoms with Crippen LogP contribution in [0.1, 0.15) is 18.4 Å². The van der Waals surface area contributed by atoms with E-state index in [1.807, 2.05) is 6.07 Å². The lowest BCUT2D eigenvalue weighted by Gasteiger charge is -2.34. The molecule has 1 fully saturated rings. The van der Waals surface area contributed by atoms with Gasteiger partial charge in [-0.15, -0.1) is 0 Å². The van der Waals surface area contributed by atoms with Crippen LogP contribution < -0.4 is 11.1 Å². The molecule has 5 heteroatoms. The standard InChI is InChI=1S/C15H21FN2O2/c16-13-3-1-2-12(10-13)4-7-18-14(19)15(11-17)5-8-20-9-6-15/h1-3,10H,4-9,11,17H2,(H,18,19). The Morgan fingerprint density at radius 3 is 2.80 bits per heavy atom. The van der Waals surface area contributed by atoms with Gasteiger partial charge >= 0.3 is 0 Å². The summed E-state index contributed by atoms with van der Waals surface area (Å²) < 4.78 is 18.3. The molecule has 110 valence electrons. The first-order valence-electron chi connectivity index (χ1n) is 6.97. The van der Waals surface area contributed by atoms with Gasteiger partial charge in [0.25, 0.3) is 0 Å². The molecule has 0 spiro atoms. The van der Waals surface area contributed by atoms with Gasteiger partial charge in [-0.2, -0.15) is 0 Å². The summed E-state index contributed by atoms with van der Waals surface area (Å²) in [5, 5.41) is 2.92. The van der Waals surface area contributed by atoms with E-state index in [2.05, 4.69) is 5.32 Å². The van der Waals surface area contributed by atoms with Crippen LogP contribution in [-0.4, -0.2) is 32.2 Å². The maximum Gasteiger partial charge on any atom is 0.227 e. The zero-order valence-corrected chi connectivity index (χ0v) is 11.5. The third-order valence-corrected chi connectivity index (χ3v) is 3.91. The number of carbonyl (C=O) groups is 1. The maximum absolute atomic E-state index is 13.0. The van der Waals surface area contributed by atoms with Crippen molar-refractivity contribution in [1.82, 2.24) is 5.32 Å². The normalized spacial score (nSPS) is 17.7. The quantitative estimate of drug-likeness (QED) is 0.853. The van der Waals surface area contributed by atoms with Crippen LogP contribution in [-0.2, 0) is 16.0 Å². The van der Waals surface area contributed by atoms with Gasteiger partial charge in [-0.3, -0.25) is 4.79 Å². The molecule has 0 aromatic heterocycles. The molecule has 0 unspecified atom stereocenters. The van der Waals surface area contributed by atoms with Gasteiger partial charge in [0.15, 0.2) is 0 Å². The lowest BCUT2D eigenvalue weighted by atomic mass is 9.79. The summed E-state index contributed by atoms with van der Waals surface area (Å²) >= 11 is 0. The molecule has 1 aromatic carbocycles. The van der Waals surface area contributed by atoms with Crippen molar-refractivity contribution in [3.05, 3.63) is 35.6 Å². The fraction of sp³-hybridized carbons (Fsp3) is 0.533. The number of carbonyl (C=O) groups excluding carboxylic acids is 1. The topological polar surface area (TPSA) is 64.4 Å². The van der Waals surface area contributed by atoms with Crippen molar-refractivity contribution >= 4 is 5.91 Å². The minimum Gasteiger partial charge on any atom is -0.381 e. The molecule has 0 bridgehead atoms. The Balaban J connectivity index is 1.85. The summed E-state index contributed by atoms with van der Waals surface area (Å²) in [6.45, 7) is 1.98. The van der Waals surface area contributed by atoms with Crippen LogP contribution in [0.3, 0.4) is 0 Å². The molecule has 0 atom stereocenters. The molecule has 1 aliphatic rings. The molecule has 0 aliphatic carbocycles. The van der Waals surface area contributed by atoms with E-state index in [0.29, 0.717) is 45.6 Å². The fourth-order valence-electron chi connectivity index (χ4n) is 2.49. The van der Waals surface area contributed by atoms with Crippen molar-refractivity contribution in [2.24, 2.45) is 11.1 Å². The first kappa shape index (κ1) is 14.9. The van der Waals surface area contributed by atoms with Gasteiger partial charge in [0.1, 0.15) is 5.82 Å². The van der Waals surface area contributed by atoms with Crippen molar-refractivity contribution in [2.75, 3.05) is 26.3 Å². The number of hydrogen-bond donors (Lipinski definition) is 2. The average Bonchev–Trinajstić information content (AvgIpc) is 2.48. The zero-order chi connectivity index (χ0) is 14.4. The van der Waals surface area contributed by atoms with Crippen LogP contribution in [0.15, 0.2) is 24.3 Å². The summed E-state index contributed by atoms with van der Waals surface area (Å²) in [5.74, 6) is -0.267. The van der Waals surface area contributed by atoms with E-state index < -0.39 is 5.41 Å². The van der Waals surface area contributed by atoms with E-state index in [9.17, 15) is 9.18 Å². The highest BCUT2D eigenvalue weighted by molar-refractivity contribution is 5.83. The van der Waals surface area contributed by atoms with Crippen molar-refractivity contribution in [1.29, 1.82) is 0 Å². The lowest BCUT2D eigenvalue weighted by Crippen LogP contribution is -2.49. The SMILES string of the molecule is NCC1(C(=O)NCCc2cccc(F)c2)CCOCC1. The number of nitrogens with two attached hydrogens (primary N) is 1. The van der Waals surface area contributed by atoms with Gasteiger partial charge in [-0.1, -0.05) is 12.1 Å². The molecular formula is C15H21FN2O2.